The van der Waals surface area contributed by atoms with E-state index in [1.165, 1.54) is 4.90 Å². The van der Waals surface area contributed by atoms with Gasteiger partial charge in [-0.25, -0.2) is 9.69 Å². The van der Waals surface area contributed by atoms with Crippen molar-refractivity contribution in [3.63, 3.8) is 0 Å². The van der Waals surface area contributed by atoms with Crippen molar-refractivity contribution in [1.82, 2.24) is 0 Å². The van der Waals surface area contributed by atoms with Crippen LogP contribution in [0.1, 0.15) is 24.0 Å². The number of benzene rings is 2. The van der Waals surface area contributed by atoms with E-state index in [-0.39, 0.29) is 18.4 Å². The Balaban J connectivity index is 1.78. The number of carbonyl (C=O) groups is 3. The zero-order valence-corrected chi connectivity index (χ0v) is 15.8. The van der Waals surface area contributed by atoms with Gasteiger partial charge in [-0.1, -0.05) is 54.1 Å². The lowest BCUT2D eigenvalue weighted by molar-refractivity contribution is -0.138. The molecule has 142 valence electrons. The van der Waals surface area contributed by atoms with E-state index in [0.29, 0.717) is 11.3 Å². The number of ether oxygens (including phenoxy) is 1. The van der Waals surface area contributed by atoms with E-state index in [0.717, 1.165) is 11.1 Å². The molecular formula is C23H21NO4. The van der Waals surface area contributed by atoms with Gasteiger partial charge in [0.05, 0.1) is 24.1 Å². The third-order valence-electron chi connectivity index (χ3n) is 5.41. The zero-order chi connectivity index (χ0) is 19.8. The highest BCUT2D eigenvalue weighted by molar-refractivity contribution is 6.24. The van der Waals surface area contributed by atoms with E-state index >= 15 is 0 Å². The number of fused-ring (bicyclic) bond motifs is 1. The maximum atomic E-state index is 13.3. The topological polar surface area (TPSA) is 63.7 Å². The van der Waals surface area contributed by atoms with Crippen LogP contribution in [-0.2, 0) is 19.1 Å². The molecule has 5 nitrogen and oxygen atoms in total. The summed E-state index contributed by atoms with van der Waals surface area (Å²) in [6, 6.07) is 16.6. The van der Waals surface area contributed by atoms with Crippen molar-refractivity contribution < 1.29 is 19.1 Å². The summed E-state index contributed by atoms with van der Waals surface area (Å²) < 4.78 is 5.21. The molecule has 2 amide bonds. The van der Waals surface area contributed by atoms with Gasteiger partial charge >= 0.3 is 5.97 Å². The third kappa shape index (κ3) is 2.83. The molecule has 1 fully saturated rings. The van der Waals surface area contributed by atoms with Crippen LogP contribution in [0.5, 0.6) is 0 Å². The van der Waals surface area contributed by atoms with Crippen LogP contribution in [-0.4, -0.2) is 24.4 Å². The molecule has 0 aromatic heterocycles. The Bertz CT molecular complexity index is 962. The number of carbonyl (C=O) groups excluding carboxylic acids is 3. The first-order valence-electron chi connectivity index (χ1n) is 9.41. The third-order valence-corrected chi connectivity index (χ3v) is 5.41. The fourth-order valence-corrected chi connectivity index (χ4v) is 4.13. The summed E-state index contributed by atoms with van der Waals surface area (Å²) in [4.78, 5) is 40.2. The molecule has 5 heteroatoms. The molecule has 1 heterocycles. The molecule has 0 N–H and O–H groups in total. The number of imide groups is 1. The van der Waals surface area contributed by atoms with Crippen molar-refractivity contribution in [1.29, 1.82) is 0 Å². The molecule has 2 aliphatic rings. The van der Waals surface area contributed by atoms with Gasteiger partial charge in [-0.3, -0.25) is 9.59 Å². The van der Waals surface area contributed by atoms with Crippen LogP contribution in [0.15, 0.2) is 66.2 Å². The van der Waals surface area contributed by atoms with E-state index in [9.17, 15) is 14.4 Å². The van der Waals surface area contributed by atoms with Crippen LogP contribution >= 0.6 is 0 Å². The second-order valence-electron chi connectivity index (χ2n) is 7.13. The first kappa shape index (κ1) is 18.2. The zero-order valence-electron chi connectivity index (χ0n) is 15.8. The van der Waals surface area contributed by atoms with Gasteiger partial charge < -0.3 is 4.74 Å². The van der Waals surface area contributed by atoms with Gasteiger partial charge in [-0.2, -0.15) is 0 Å². The molecule has 3 atom stereocenters. The minimum absolute atomic E-state index is 0.240. The molecule has 4 rings (SSSR count). The fraction of sp³-hybridized carbons (Fsp3) is 0.261. The SMILES string of the molecule is CCOC(=O)C1=C[C@H]2C(=O)N(c3ccccc3)C(=O)[C@H]2[C@@H]1c1ccc(C)cc1. The predicted octanol–water partition coefficient (Wildman–Crippen LogP) is 3.39. The van der Waals surface area contributed by atoms with Crippen LogP contribution in [0.4, 0.5) is 5.69 Å². The minimum atomic E-state index is -0.654. The minimum Gasteiger partial charge on any atom is -0.463 e. The second kappa shape index (κ2) is 7.08. The predicted molar refractivity (Wildman–Crippen MR) is 105 cm³/mol. The number of nitrogens with zero attached hydrogens (tertiary/aromatic N) is 1. The van der Waals surface area contributed by atoms with Crippen LogP contribution in [0.3, 0.4) is 0 Å². The number of aryl methyl sites for hydroxylation is 1. The van der Waals surface area contributed by atoms with Gasteiger partial charge in [0.2, 0.25) is 11.8 Å². The molecule has 2 aromatic rings. The van der Waals surface area contributed by atoms with Gasteiger partial charge in [0.1, 0.15) is 0 Å². The Morgan fingerprint density at radius 2 is 1.68 bits per heavy atom. The fourth-order valence-electron chi connectivity index (χ4n) is 4.13. The average molecular weight is 375 g/mol. The summed E-state index contributed by atoms with van der Waals surface area (Å²) in [7, 11) is 0. The summed E-state index contributed by atoms with van der Waals surface area (Å²) in [5, 5.41) is 0. The van der Waals surface area contributed by atoms with Crippen molar-refractivity contribution in [2.24, 2.45) is 11.8 Å². The number of esters is 1. The quantitative estimate of drug-likeness (QED) is 0.607. The van der Waals surface area contributed by atoms with E-state index in [2.05, 4.69) is 0 Å². The maximum absolute atomic E-state index is 13.3. The molecule has 0 bridgehead atoms. The van der Waals surface area contributed by atoms with E-state index in [1.807, 2.05) is 37.3 Å². The normalized spacial score (nSPS) is 23.6. The Kier molecular flexibility index (Phi) is 4.59. The van der Waals surface area contributed by atoms with Gasteiger partial charge in [-0.15, -0.1) is 0 Å². The van der Waals surface area contributed by atoms with Gasteiger partial charge in [0, 0.05) is 11.5 Å². The molecular weight excluding hydrogens is 354 g/mol. The maximum Gasteiger partial charge on any atom is 0.334 e. The van der Waals surface area contributed by atoms with Crippen LogP contribution in [0, 0.1) is 18.8 Å². The Morgan fingerprint density at radius 3 is 2.32 bits per heavy atom. The summed E-state index contributed by atoms with van der Waals surface area (Å²) in [6.45, 7) is 3.96. The van der Waals surface area contributed by atoms with Crippen LogP contribution < -0.4 is 4.90 Å². The highest BCUT2D eigenvalue weighted by atomic mass is 16.5. The van der Waals surface area contributed by atoms with E-state index in [4.69, 9.17) is 4.74 Å². The lowest BCUT2D eigenvalue weighted by atomic mass is 9.82. The van der Waals surface area contributed by atoms with Crippen molar-refractivity contribution >= 4 is 23.5 Å². The molecule has 1 aliphatic heterocycles. The summed E-state index contributed by atoms with van der Waals surface area (Å²) in [5.74, 6) is -2.81. The van der Waals surface area contributed by atoms with Gasteiger partial charge in [0.15, 0.2) is 0 Å². The molecule has 2 aromatic carbocycles. The Labute approximate surface area is 163 Å². The number of rotatable bonds is 4. The Hall–Kier alpha value is -3.21. The van der Waals surface area contributed by atoms with E-state index in [1.54, 1.807) is 37.3 Å². The first-order valence-corrected chi connectivity index (χ1v) is 9.41. The van der Waals surface area contributed by atoms with Crippen molar-refractivity contribution in [2.45, 2.75) is 19.8 Å². The first-order chi connectivity index (χ1) is 13.5. The standard InChI is InChI=1S/C23H21NO4/c1-3-28-23(27)18-13-17-20(19(18)15-11-9-14(2)10-12-15)22(26)24(21(17)25)16-7-5-4-6-8-16/h4-13,17,19-20H,3H2,1-2H3/t17-,19-,20-/m1/s1. The monoisotopic (exact) mass is 375 g/mol. The van der Waals surface area contributed by atoms with Crippen molar-refractivity contribution in [2.75, 3.05) is 11.5 Å². The highest BCUT2D eigenvalue weighted by Gasteiger charge is 2.56. The molecule has 0 saturated carbocycles. The number of para-hydroxylation sites is 1. The van der Waals surface area contributed by atoms with E-state index < -0.39 is 23.7 Å². The van der Waals surface area contributed by atoms with Gasteiger partial charge in [-0.05, 0) is 31.5 Å². The molecule has 0 radical (unpaired) electrons. The number of hydrogen-bond donors (Lipinski definition) is 0. The average Bonchev–Trinajstić information content (AvgIpc) is 3.20. The summed E-state index contributed by atoms with van der Waals surface area (Å²) >= 11 is 0. The number of anilines is 1. The number of amides is 2. The largest absolute Gasteiger partial charge is 0.463 e. The lowest BCUT2D eigenvalue weighted by Gasteiger charge is -2.22. The molecule has 0 spiro atoms. The van der Waals surface area contributed by atoms with Crippen LogP contribution in [0.2, 0.25) is 0 Å². The molecule has 28 heavy (non-hydrogen) atoms. The number of hydrogen-bond acceptors (Lipinski definition) is 4. The lowest BCUT2D eigenvalue weighted by Crippen LogP contribution is -2.33. The van der Waals surface area contributed by atoms with Gasteiger partial charge in [0.25, 0.3) is 0 Å². The smallest absolute Gasteiger partial charge is 0.334 e. The van der Waals surface area contributed by atoms with Crippen molar-refractivity contribution in [3.05, 3.63) is 77.4 Å². The summed E-state index contributed by atoms with van der Waals surface area (Å²) in [6.07, 6.45) is 1.64. The van der Waals surface area contributed by atoms with Crippen LogP contribution in [0.25, 0.3) is 0 Å². The molecule has 0 unspecified atom stereocenters. The highest BCUT2D eigenvalue weighted by Crippen LogP contribution is 2.49. The van der Waals surface area contributed by atoms with Crippen molar-refractivity contribution in [3.8, 4) is 0 Å². The second-order valence-corrected chi connectivity index (χ2v) is 7.13. The summed E-state index contributed by atoms with van der Waals surface area (Å²) in [5.41, 5.74) is 2.88. The Morgan fingerprint density at radius 1 is 1.00 bits per heavy atom. The molecule has 1 saturated heterocycles. The molecule has 1 aliphatic carbocycles.